The van der Waals surface area contributed by atoms with Crippen molar-refractivity contribution in [1.82, 2.24) is 5.32 Å². The maximum atomic E-state index is 13.5. The molecule has 7 unspecified atom stereocenters. The first-order valence-electron chi connectivity index (χ1n) is 11.9. The van der Waals surface area contributed by atoms with E-state index >= 15 is 0 Å². The lowest BCUT2D eigenvalue weighted by Crippen LogP contribution is -2.64. The number of primary amides is 1. The Bertz CT molecular complexity index is 1240. The molecule has 3 fully saturated rings. The summed E-state index contributed by atoms with van der Waals surface area (Å²) in [5, 5.41) is 13.8. The highest BCUT2D eigenvalue weighted by atomic mass is 19.4. The third kappa shape index (κ3) is 3.91. The summed E-state index contributed by atoms with van der Waals surface area (Å²) in [6, 6.07) is -0.901. The molecule has 7 atom stereocenters. The van der Waals surface area contributed by atoms with Crippen molar-refractivity contribution in [3.8, 4) is 11.5 Å². The molecule has 1 amide bonds. The smallest absolute Gasteiger partial charge is 0.507 e. The minimum atomic E-state index is -5.10. The highest BCUT2D eigenvalue weighted by Gasteiger charge is 2.60. The molecule has 1 aromatic carbocycles. The van der Waals surface area contributed by atoms with Gasteiger partial charge in [0, 0.05) is 17.2 Å². The van der Waals surface area contributed by atoms with Crippen LogP contribution < -0.4 is 21.5 Å². The van der Waals surface area contributed by atoms with Gasteiger partial charge in [-0.05, 0) is 50.1 Å². The van der Waals surface area contributed by atoms with Crippen LogP contribution in [0.4, 0.5) is 13.2 Å². The van der Waals surface area contributed by atoms with Crippen LogP contribution in [-0.2, 0) is 25.6 Å². The number of alkyl halides is 3. The van der Waals surface area contributed by atoms with Crippen molar-refractivity contribution < 1.29 is 47.0 Å². The number of fused-ring (bicyclic) bond motifs is 3. The van der Waals surface area contributed by atoms with E-state index in [-0.39, 0.29) is 24.0 Å². The zero-order chi connectivity index (χ0) is 27.0. The first-order chi connectivity index (χ1) is 17.3. The molecule has 3 aliphatic carbocycles. The standard InChI is InChI=1S/C24H24F3N3O7/c25-24(26,27)37-22-8(11-2-1-3-30-11)6-12(31)14-10(22)5-7-4-9-15(19(33)13(7)18(14)32)20(34)16(23(29)36)21(35)17(9)28/h6-7,9,11,13,15-17,30-31H,1-5,28H2,(H2,29,36). The second-order valence-corrected chi connectivity index (χ2v) is 10.1. The van der Waals surface area contributed by atoms with Gasteiger partial charge < -0.3 is 26.6 Å². The zero-order valence-electron chi connectivity index (χ0n) is 19.3. The molecule has 6 N–H and O–H groups in total. The maximum absolute atomic E-state index is 13.5. The Morgan fingerprint density at radius 1 is 1.11 bits per heavy atom. The summed E-state index contributed by atoms with van der Waals surface area (Å²) in [6.07, 6.45) is -4.29. The van der Waals surface area contributed by atoms with E-state index < -0.39 is 94.1 Å². The third-order valence-electron chi connectivity index (χ3n) is 8.07. The number of Topliss-reactive ketones (excluding diaryl/α,β-unsaturated/α-hetero) is 4. The second-order valence-electron chi connectivity index (χ2n) is 10.1. The molecule has 0 spiro atoms. The van der Waals surface area contributed by atoms with Crippen LogP contribution in [0.2, 0.25) is 0 Å². The fourth-order valence-corrected chi connectivity index (χ4v) is 6.57. The van der Waals surface area contributed by atoms with Gasteiger partial charge in [0.1, 0.15) is 11.5 Å². The third-order valence-corrected chi connectivity index (χ3v) is 8.07. The van der Waals surface area contributed by atoms with E-state index in [4.69, 9.17) is 11.5 Å². The number of nitrogens with two attached hydrogens (primary N) is 2. The van der Waals surface area contributed by atoms with E-state index in [1.807, 2.05) is 0 Å². The van der Waals surface area contributed by atoms with Crippen LogP contribution in [-0.4, -0.2) is 53.1 Å². The van der Waals surface area contributed by atoms with E-state index in [1.165, 1.54) is 0 Å². The van der Waals surface area contributed by atoms with Gasteiger partial charge in [0.05, 0.1) is 23.4 Å². The molecule has 10 nitrogen and oxygen atoms in total. The predicted molar refractivity (Wildman–Crippen MR) is 117 cm³/mol. The fourth-order valence-electron chi connectivity index (χ4n) is 6.57. The van der Waals surface area contributed by atoms with E-state index in [0.717, 1.165) is 6.07 Å². The molecule has 37 heavy (non-hydrogen) atoms. The molecular formula is C24H24F3N3O7. The number of hydrogen-bond donors (Lipinski definition) is 4. The molecular weight excluding hydrogens is 499 g/mol. The predicted octanol–water partition coefficient (Wildman–Crippen LogP) is 0.472. The van der Waals surface area contributed by atoms with Crippen molar-refractivity contribution in [1.29, 1.82) is 0 Å². The molecule has 2 saturated carbocycles. The normalized spacial score (nSPS) is 33.6. The number of hydrogen-bond acceptors (Lipinski definition) is 9. The minimum absolute atomic E-state index is 0.0429. The Morgan fingerprint density at radius 3 is 2.41 bits per heavy atom. The first-order valence-corrected chi connectivity index (χ1v) is 11.9. The largest absolute Gasteiger partial charge is 0.573 e. The van der Waals surface area contributed by atoms with Crippen LogP contribution in [0.5, 0.6) is 11.5 Å². The van der Waals surface area contributed by atoms with Crippen LogP contribution in [0.1, 0.15) is 46.8 Å². The Kier molecular flexibility index (Phi) is 5.90. The first kappa shape index (κ1) is 25.3. The number of phenolic OH excluding ortho intramolecular Hbond substituents is 1. The monoisotopic (exact) mass is 523 g/mol. The summed E-state index contributed by atoms with van der Waals surface area (Å²) in [7, 11) is 0. The fraction of sp³-hybridized carbons (Fsp3) is 0.542. The Balaban J connectivity index is 1.61. The van der Waals surface area contributed by atoms with Crippen LogP contribution in [0.3, 0.4) is 0 Å². The summed E-state index contributed by atoms with van der Waals surface area (Å²) in [5.41, 5.74) is 10.6. The van der Waals surface area contributed by atoms with Crippen molar-refractivity contribution >= 4 is 29.0 Å². The van der Waals surface area contributed by atoms with Gasteiger partial charge in [-0.25, -0.2) is 0 Å². The van der Waals surface area contributed by atoms with E-state index in [9.17, 15) is 42.3 Å². The van der Waals surface area contributed by atoms with Gasteiger partial charge in [0.2, 0.25) is 5.91 Å². The van der Waals surface area contributed by atoms with E-state index in [2.05, 4.69) is 10.1 Å². The minimum Gasteiger partial charge on any atom is -0.507 e. The number of aromatic hydroxyl groups is 1. The van der Waals surface area contributed by atoms with Crippen LogP contribution in [0.25, 0.3) is 0 Å². The Labute approximate surface area is 207 Å². The van der Waals surface area contributed by atoms with Crippen molar-refractivity contribution in [3.63, 3.8) is 0 Å². The molecule has 1 saturated heterocycles. The van der Waals surface area contributed by atoms with Crippen molar-refractivity contribution in [2.45, 2.75) is 44.1 Å². The lowest BCUT2D eigenvalue weighted by molar-refractivity contribution is -0.275. The van der Waals surface area contributed by atoms with Crippen molar-refractivity contribution in [3.05, 3.63) is 22.8 Å². The summed E-state index contributed by atoms with van der Waals surface area (Å²) in [5.74, 6) is -13.1. The molecule has 5 rings (SSSR count). The molecule has 1 aliphatic heterocycles. The molecule has 0 bridgehead atoms. The van der Waals surface area contributed by atoms with Crippen LogP contribution >= 0.6 is 0 Å². The van der Waals surface area contributed by atoms with Gasteiger partial charge >= 0.3 is 6.36 Å². The molecule has 198 valence electrons. The number of carbonyl (C=O) groups excluding carboxylic acids is 5. The highest BCUT2D eigenvalue weighted by molar-refractivity contribution is 6.28. The van der Waals surface area contributed by atoms with Crippen LogP contribution in [0.15, 0.2) is 6.07 Å². The number of ketones is 4. The molecule has 0 radical (unpaired) electrons. The number of amides is 1. The van der Waals surface area contributed by atoms with Gasteiger partial charge in [-0.3, -0.25) is 24.0 Å². The summed E-state index contributed by atoms with van der Waals surface area (Å²) in [4.78, 5) is 64.3. The maximum Gasteiger partial charge on any atom is 0.573 e. The average molecular weight is 523 g/mol. The van der Waals surface area contributed by atoms with Gasteiger partial charge in [-0.2, -0.15) is 0 Å². The van der Waals surface area contributed by atoms with Gasteiger partial charge in [0.25, 0.3) is 0 Å². The van der Waals surface area contributed by atoms with E-state index in [0.29, 0.717) is 19.4 Å². The number of halogens is 3. The van der Waals surface area contributed by atoms with Crippen molar-refractivity contribution in [2.24, 2.45) is 41.1 Å². The van der Waals surface area contributed by atoms with Crippen LogP contribution in [0, 0.1) is 29.6 Å². The zero-order valence-corrected chi connectivity index (χ0v) is 19.3. The van der Waals surface area contributed by atoms with Gasteiger partial charge in [0.15, 0.2) is 29.1 Å². The molecule has 1 aromatic rings. The van der Waals surface area contributed by atoms with Gasteiger partial charge in [-0.1, -0.05) is 0 Å². The van der Waals surface area contributed by atoms with Gasteiger partial charge in [-0.15, -0.1) is 13.2 Å². The molecule has 1 heterocycles. The molecule has 4 aliphatic rings. The number of carbonyl (C=O) groups is 5. The number of phenols is 1. The number of ether oxygens (including phenoxy) is 1. The van der Waals surface area contributed by atoms with Crippen molar-refractivity contribution in [2.75, 3.05) is 6.54 Å². The lowest BCUT2D eigenvalue weighted by atomic mass is 9.54. The molecule has 0 aromatic heterocycles. The summed E-state index contributed by atoms with van der Waals surface area (Å²) < 4.78 is 44.8. The molecule has 13 heteroatoms. The number of benzene rings is 1. The average Bonchev–Trinajstić information content (AvgIpc) is 3.32. The lowest BCUT2D eigenvalue weighted by Gasteiger charge is -2.46. The number of nitrogens with one attached hydrogen (secondary N) is 1. The van der Waals surface area contributed by atoms with E-state index in [1.54, 1.807) is 0 Å². The quantitative estimate of drug-likeness (QED) is 0.410. The second kappa shape index (κ2) is 8.62. The number of rotatable bonds is 3. The highest BCUT2D eigenvalue weighted by Crippen LogP contribution is 2.51. The topological polar surface area (TPSA) is 179 Å². The Hall–Kier alpha value is -3.32. The summed E-state index contributed by atoms with van der Waals surface area (Å²) in [6.45, 7) is 0.543. The summed E-state index contributed by atoms with van der Waals surface area (Å²) >= 11 is 0. The SMILES string of the molecule is NC(=O)C1C(=O)C(N)C2CC3Cc4c(OC(F)(F)F)c(C5CCCN5)cc(O)c4C(=O)C3C(=O)C2C1=O. The Morgan fingerprint density at radius 2 is 1.81 bits per heavy atom.